The van der Waals surface area contributed by atoms with E-state index in [1.165, 1.54) is 12.3 Å². The van der Waals surface area contributed by atoms with Crippen molar-refractivity contribution >= 4 is 33.1 Å². The van der Waals surface area contributed by atoms with E-state index >= 15 is 0 Å². The van der Waals surface area contributed by atoms with Gasteiger partial charge in [0.15, 0.2) is 0 Å². The normalized spacial score (nSPS) is 10.2. The third kappa shape index (κ3) is 4.16. The maximum Gasteiger partial charge on any atom is 0.312 e. The van der Waals surface area contributed by atoms with E-state index in [0.29, 0.717) is 16.8 Å². The lowest BCUT2D eigenvalue weighted by molar-refractivity contribution is -0.384. The molecule has 0 radical (unpaired) electrons. The molecular formula is C14H14BrN3O3. The van der Waals surface area contributed by atoms with Gasteiger partial charge in [0.1, 0.15) is 5.75 Å². The van der Waals surface area contributed by atoms with Crippen molar-refractivity contribution in [3.8, 4) is 5.75 Å². The lowest BCUT2D eigenvalue weighted by Gasteiger charge is -2.08. The van der Waals surface area contributed by atoms with E-state index in [1.54, 1.807) is 12.1 Å². The fourth-order valence-corrected chi connectivity index (χ4v) is 1.97. The SMILES string of the molecule is CCCOc1ccc(Nc2ncc(Br)cc2[N+](=O)[O-])cc1. The maximum absolute atomic E-state index is 11.0. The molecule has 7 heteroatoms. The summed E-state index contributed by atoms with van der Waals surface area (Å²) in [5.41, 5.74) is 0.618. The van der Waals surface area contributed by atoms with Crippen LogP contribution >= 0.6 is 15.9 Å². The van der Waals surface area contributed by atoms with Crippen LogP contribution in [0.3, 0.4) is 0 Å². The third-order valence-corrected chi connectivity index (χ3v) is 3.05. The standard InChI is InChI=1S/C14H14BrN3O3/c1-2-7-21-12-5-3-11(4-6-12)17-14-13(18(19)20)8-10(15)9-16-14/h3-6,8-9H,2,7H2,1H3,(H,16,17). The number of halogens is 1. The molecule has 2 aromatic rings. The summed E-state index contributed by atoms with van der Waals surface area (Å²) in [5, 5.41) is 14.0. The number of hydrogen-bond donors (Lipinski definition) is 1. The Morgan fingerprint density at radius 2 is 2.10 bits per heavy atom. The first-order chi connectivity index (χ1) is 10.1. The Hall–Kier alpha value is -2.15. The zero-order valence-corrected chi connectivity index (χ0v) is 13.0. The number of rotatable bonds is 6. The Bertz CT molecular complexity index is 632. The number of nitro groups is 1. The van der Waals surface area contributed by atoms with Crippen molar-refractivity contribution < 1.29 is 9.66 Å². The smallest absolute Gasteiger partial charge is 0.312 e. The van der Waals surface area contributed by atoms with Crippen LogP contribution < -0.4 is 10.1 Å². The quantitative estimate of drug-likeness (QED) is 0.620. The molecule has 0 aliphatic rings. The second-order valence-electron chi connectivity index (χ2n) is 4.28. The molecule has 0 amide bonds. The van der Waals surface area contributed by atoms with Crippen molar-refractivity contribution in [2.24, 2.45) is 0 Å². The minimum atomic E-state index is -0.473. The van der Waals surface area contributed by atoms with Crippen molar-refractivity contribution in [3.63, 3.8) is 0 Å². The number of nitrogens with one attached hydrogen (secondary N) is 1. The van der Waals surface area contributed by atoms with Gasteiger partial charge in [-0.3, -0.25) is 10.1 Å². The van der Waals surface area contributed by atoms with Gasteiger partial charge in [0, 0.05) is 22.4 Å². The summed E-state index contributed by atoms with van der Waals surface area (Å²) in [4.78, 5) is 14.6. The molecule has 1 N–H and O–H groups in total. The second-order valence-corrected chi connectivity index (χ2v) is 5.19. The van der Waals surface area contributed by atoms with Crippen molar-refractivity contribution in [3.05, 3.63) is 51.1 Å². The van der Waals surface area contributed by atoms with Gasteiger partial charge in [-0.25, -0.2) is 4.98 Å². The molecule has 0 saturated heterocycles. The van der Waals surface area contributed by atoms with E-state index in [0.717, 1.165) is 12.2 Å². The van der Waals surface area contributed by atoms with E-state index in [9.17, 15) is 10.1 Å². The molecule has 0 aliphatic heterocycles. The van der Waals surface area contributed by atoms with Crippen molar-refractivity contribution in [1.82, 2.24) is 4.98 Å². The zero-order chi connectivity index (χ0) is 15.2. The Morgan fingerprint density at radius 3 is 2.71 bits per heavy atom. The molecule has 0 fully saturated rings. The second kappa shape index (κ2) is 7.03. The minimum Gasteiger partial charge on any atom is -0.494 e. The van der Waals surface area contributed by atoms with E-state index in [-0.39, 0.29) is 11.5 Å². The highest BCUT2D eigenvalue weighted by Gasteiger charge is 2.15. The summed E-state index contributed by atoms with van der Waals surface area (Å²) in [6.45, 7) is 2.70. The van der Waals surface area contributed by atoms with Gasteiger partial charge in [0.05, 0.1) is 11.5 Å². The van der Waals surface area contributed by atoms with Crippen LogP contribution in [0.25, 0.3) is 0 Å². The number of hydrogen-bond acceptors (Lipinski definition) is 5. The molecule has 2 rings (SSSR count). The van der Waals surface area contributed by atoms with Gasteiger partial charge < -0.3 is 10.1 Å². The molecule has 0 unspecified atom stereocenters. The predicted octanol–water partition coefficient (Wildman–Crippen LogP) is 4.28. The van der Waals surface area contributed by atoms with Gasteiger partial charge in [0.25, 0.3) is 0 Å². The number of benzene rings is 1. The molecule has 1 heterocycles. The van der Waals surface area contributed by atoms with Crippen LogP contribution in [0.4, 0.5) is 17.2 Å². The summed E-state index contributed by atoms with van der Waals surface area (Å²) in [7, 11) is 0. The molecule has 110 valence electrons. The zero-order valence-electron chi connectivity index (χ0n) is 11.4. The molecule has 1 aromatic heterocycles. The average Bonchev–Trinajstić information content (AvgIpc) is 2.48. The van der Waals surface area contributed by atoms with Crippen LogP contribution in [0, 0.1) is 10.1 Å². The van der Waals surface area contributed by atoms with Crippen LogP contribution in [0.15, 0.2) is 41.0 Å². The topological polar surface area (TPSA) is 77.3 Å². The van der Waals surface area contributed by atoms with E-state index in [2.05, 4.69) is 26.2 Å². The molecule has 0 saturated carbocycles. The van der Waals surface area contributed by atoms with E-state index in [1.807, 2.05) is 19.1 Å². The van der Waals surface area contributed by atoms with Crippen molar-refractivity contribution in [1.29, 1.82) is 0 Å². The van der Waals surface area contributed by atoms with Crippen LogP contribution in [0.5, 0.6) is 5.75 Å². The Balaban J connectivity index is 2.16. The van der Waals surface area contributed by atoms with Crippen LogP contribution in [-0.4, -0.2) is 16.5 Å². The fourth-order valence-electron chi connectivity index (χ4n) is 1.66. The lowest BCUT2D eigenvalue weighted by atomic mass is 10.3. The number of aromatic nitrogens is 1. The van der Waals surface area contributed by atoms with Crippen molar-refractivity contribution in [2.45, 2.75) is 13.3 Å². The monoisotopic (exact) mass is 351 g/mol. The van der Waals surface area contributed by atoms with Crippen molar-refractivity contribution in [2.75, 3.05) is 11.9 Å². The molecule has 1 aromatic carbocycles. The number of anilines is 2. The Kier molecular flexibility index (Phi) is 5.10. The maximum atomic E-state index is 11.0. The number of pyridine rings is 1. The van der Waals surface area contributed by atoms with E-state index < -0.39 is 4.92 Å². The van der Waals surface area contributed by atoms with Crippen LogP contribution in [-0.2, 0) is 0 Å². The molecule has 0 bridgehead atoms. The minimum absolute atomic E-state index is 0.0873. The Morgan fingerprint density at radius 1 is 1.38 bits per heavy atom. The fraction of sp³-hybridized carbons (Fsp3) is 0.214. The van der Waals surface area contributed by atoms with Gasteiger partial charge in [0.2, 0.25) is 5.82 Å². The summed E-state index contributed by atoms with van der Waals surface area (Å²) in [6.07, 6.45) is 2.45. The molecular weight excluding hydrogens is 338 g/mol. The number of ether oxygens (including phenoxy) is 1. The van der Waals surface area contributed by atoms with E-state index in [4.69, 9.17) is 4.74 Å². The highest BCUT2D eigenvalue weighted by atomic mass is 79.9. The van der Waals surface area contributed by atoms with Gasteiger partial charge in [-0.2, -0.15) is 0 Å². The van der Waals surface area contributed by atoms with Crippen LogP contribution in [0.2, 0.25) is 0 Å². The molecule has 0 atom stereocenters. The largest absolute Gasteiger partial charge is 0.494 e. The summed E-state index contributed by atoms with van der Waals surface area (Å²) < 4.78 is 6.04. The van der Waals surface area contributed by atoms with Gasteiger partial charge >= 0.3 is 5.69 Å². The molecule has 21 heavy (non-hydrogen) atoms. The molecule has 6 nitrogen and oxygen atoms in total. The Labute approximate surface area is 130 Å². The summed E-state index contributed by atoms with van der Waals surface area (Å²) >= 11 is 3.17. The van der Waals surface area contributed by atoms with Gasteiger partial charge in [-0.1, -0.05) is 6.92 Å². The van der Waals surface area contributed by atoms with Gasteiger partial charge in [-0.15, -0.1) is 0 Å². The molecule has 0 aliphatic carbocycles. The average molecular weight is 352 g/mol. The molecule has 0 spiro atoms. The first-order valence-electron chi connectivity index (χ1n) is 6.40. The number of nitrogens with zero attached hydrogens (tertiary/aromatic N) is 2. The first kappa shape index (κ1) is 15.2. The lowest BCUT2D eigenvalue weighted by Crippen LogP contribution is -2.00. The van der Waals surface area contributed by atoms with Crippen LogP contribution in [0.1, 0.15) is 13.3 Å². The summed E-state index contributed by atoms with van der Waals surface area (Å²) in [6, 6.07) is 8.61. The highest BCUT2D eigenvalue weighted by molar-refractivity contribution is 9.10. The highest BCUT2D eigenvalue weighted by Crippen LogP contribution is 2.28. The third-order valence-electron chi connectivity index (χ3n) is 2.62. The first-order valence-corrected chi connectivity index (χ1v) is 7.19. The summed E-state index contributed by atoms with van der Waals surface area (Å²) in [5.74, 6) is 0.964. The predicted molar refractivity (Wildman–Crippen MR) is 84.1 cm³/mol. The van der Waals surface area contributed by atoms with Gasteiger partial charge in [-0.05, 0) is 46.6 Å².